The van der Waals surface area contributed by atoms with E-state index >= 15 is 0 Å². The van der Waals surface area contributed by atoms with Crippen LogP contribution in [-0.4, -0.2) is 36.6 Å². The van der Waals surface area contributed by atoms with Crippen LogP contribution in [0.5, 0.6) is 0 Å². The van der Waals surface area contributed by atoms with Gasteiger partial charge in [-0.1, -0.05) is 5.04 Å². The molecule has 0 aliphatic rings. The summed E-state index contributed by atoms with van der Waals surface area (Å²) in [4.78, 5) is 2.01. The van der Waals surface area contributed by atoms with Crippen molar-refractivity contribution in [2.75, 3.05) is 26.4 Å². The third kappa shape index (κ3) is 8.19. The van der Waals surface area contributed by atoms with Crippen LogP contribution in [0.1, 0.15) is 0 Å². The molecule has 1 N–H and O–H groups in total. The van der Waals surface area contributed by atoms with Crippen molar-refractivity contribution in [2.24, 2.45) is 0 Å². The molecule has 0 aromatic rings. The average molecular weight is 153 g/mol. The smallest absolute Gasteiger partial charge is 0.0359 e. The van der Waals surface area contributed by atoms with E-state index in [-0.39, 0.29) is 0 Å². The van der Waals surface area contributed by atoms with Crippen LogP contribution in [0.4, 0.5) is 0 Å². The Bertz CT molecular complexity index is 61.8. The molecule has 0 rings (SSSR count). The molecular formula is C4H11NO3S. The zero-order valence-corrected chi connectivity index (χ0v) is 6.35. The summed E-state index contributed by atoms with van der Waals surface area (Å²) < 4.78 is 4.13. The normalized spacial score (nSPS) is 10.7. The maximum Gasteiger partial charge on any atom is 0.0359 e. The Kier molecular flexibility index (Phi) is 6.45. The second-order valence-corrected chi connectivity index (χ2v) is 2.55. The highest BCUT2D eigenvalue weighted by Gasteiger charge is 1.90. The molecule has 56 valence electrons. The quantitative estimate of drug-likeness (QED) is 0.271. The summed E-state index contributed by atoms with van der Waals surface area (Å²) >= 11 is 1.07. The Morgan fingerprint density at radius 1 is 1.56 bits per heavy atom. The minimum Gasteiger partial charge on any atom is -0.308 e. The lowest BCUT2D eigenvalue weighted by atomic mass is 10.7. The van der Waals surface area contributed by atoms with E-state index in [0.29, 0.717) is 0 Å². The van der Waals surface area contributed by atoms with Gasteiger partial charge in [-0.25, -0.2) is 5.26 Å². The van der Waals surface area contributed by atoms with Gasteiger partial charge in [-0.2, -0.15) is 0 Å². The summed E-state index contributed by atoms with van der Waals surface area (Å²) in [6.45, 7) is 0.897. The fourth-order valence-corrected chi connectivity index (χ4v) is 0.826. The zero-order chi connectivity index (χ0) is 7.11. The van der Waals surface area contributed by atoms with Gasteiger partial charge in [0.05, 0.1) is 0 Å². The Labute approximate surface area is 58.8 Å². The SMILES string of the molecule is CN(C)CCSOOO. The van der Waals surface area contributed by atoms with E-state index in [0.717, 1.165) is 24.3 Å². The van der Waals surface area contributed by atoms with Crippen molar-refractivity contribution in [3.8, 4) is 0 Å². The monoisotopic (exact) mass is 153 g/mol. The summed E-state index contributed by atoms with van der Waals surface area (Å²) in [6, 6.07) is 0. The highest BCUT2D eigenvalue weighted by Crippen LogP contribution is 2.00. The van der Waals surface area contributed by atoms with Crippen LogP contribution in [0.15, 0.2) is 0 Å². The van der Waals surface area contributed by atoms with Gasteiger partial charge in [0.2, 0.25) is 0 Å². The molecule has 0 heterocycles. The average Bonchev–Trinajstić information content (AvgIpc) is 1.80. The molecule has 0 bridgehead atoms. The third-order valence-corrected chi connectivity index (χ3v) is 1.21. The predicted octanol–water partition coefficient (Wildman–Crippen LogP) is 0.617. The van der Waals surface area contributed by atoms with Crippen molar-refractivity contribution >= 4 is 12.0 Å². The van der Waals surface area contributed by atoms with Gasteiger partial charge in [-0.15, -0.1) is 4.33 Å². The molecular weight excluding hydrogens is 142 g/mol. The van der Waals surface area contributed by atoms with E-state index in [1.54, 1.807) is 0 Å². The molecule has 0 saturated carbocycles. The summed E-state index contributed by atoms with van der Waals surface area (Å²) in [5.74, 6) is 0.771. The van der Waals surface area contributed by atoms with E-state index in [4.69, 9.17) is 5.26 Å². The highest BCUT2D eigenvalue weighted by atomic mass is 32.2. The van der Waals surface area contributed by atoms with Crippen molar-refractivity contribution in [1.29, 1.82) is 0 Å². The summed E-state index contributed by atoms with van der Waals surface area (Å²) in [5.41, 5.74) is 0. The molecule has 0 radical (unpaired) electrons. The van der Waals surface area contributed by atoms with Crippen LogP contribution in [0.25, 0.3) is 0 Å². The van der Waals surface area contributed by atoms with E-state index in [9.17, 15) is 0 Å². The third-order valence-electron chi connectivity index (χ3n) is 0.700. The number of hydrogen-bond acceptors (Lipinski definition) is 5. The van der Waals surface area contributed by atoms with Crippen molar-refractivity contribution in [2.45, 2.75) is 0 Å². The molecule has 0 fully saturated rings. The van der Waals surface area contributed by atoms with Crippen LogP contribution >= 0.6 is 12.0 Å². The zero-order valence-electron chi connectivity index (χ0n) is 5.53. The maximum absolute atomic E-state index is 7.67. The van der Waals surface area contributed by atoms with E-state index in [2.05, 4.69) is 9.37 Å². The first-order valence-corrected chi connectivity index (χ1v) is 3.43. The van der Waals surface area contributed by atoms with Gasteiger partial charge in [-0.05, 0) is 14.1 Å². The lowest BCUT2D eigenvalue weighted by molar-refractivity contribution is -0.432. The van der Waals surface area contributed by atoms with Crippen LogP contribution in [0, 0.1) is 0 Å². The van der Waals surface area contributed by atoms with Gasteiger partial charge in [0, 0.05) is 24.3 Å². The first-order chi connectivity index (χ1) is 4.27. The number of nitrogens with zero attached hydrogens (tertiary/aromatic N) is 1. The van der Waals surface area contributed by atoms with Crippen molar-refractivity contribution in [1.82, 2.24) is 4.90 Å². The van der Waals surface area contributed by atoms with Gasteiger partial charge >= 0.3 is 0 Å². The van der Waals surface area contributed by atoms with Crippen LogP contribution in [-0.2, 0) is 9.37 Å². The lowest BCUT2D eigenvalue weighted by Crippen LogP contribution is -2.14. The maximum atomic E-state index is 7.67. The lowest BCUT2D eigenvalue weighted by Gasteiger charge is -2.05. The first kappa shape index (κ1) is 9.19. The van der Waals surface area contributed by atoms with Crippen LogP contribution in [0.3, 0.4) is 0 Å². The predicted molar refractivity (Wildman–Crippen MR) is 35.8 cm³/mol. The van der Waals surface area contributed by atoms with Gasteiger partial charge in [0.15, 0.2) is 0 Å². The molecule has 0 aromatic carbocycles. The second kappa shape index (κ2) is 6.31. The minimum atomic E-state index is 0.771. The molecule has 9 heavy (non-hydrogen) atoms. The Hall–Kier alpha value is 0.190. The first-order valence-electron chi connectivity index (χ1n) is 2.52. The van der Waals surface area contributed by atoms with Crippen LogP contribution < -0.4 is 0 Å². The van der Waals surface area contributed by atoms with Gasteiger partial charge in [0.25, 0.3) is 0 Å². The molecule has 0 spiro atoms. The van der Waals surface area contributed by atoms with Crippen molar-refractivity contribution < 1.29 is 14.6 Å². The largest absolute Gasteiger partial charge is 0.308 e. The fourth-order valence-electron chi connectivity index (χ4n) is 0.275. The highest BCUT2D eigenvalue weighted by molar-refractivity contribution is 7.94. The Balaban J connectivity index is 2.75. The molecule has 0 atom stereocenters. The van der Waals surface area contributed by atoms with E-state index in [1.807, 2.05) is 19.0 Å². The summed E-state index contributed by atoms with van der Waals surface area (Å²) in [7, 11) is 3.92. The van der Waals surface area contributed by atoms with E-state index < -0.39 is 0 Å². The molecule has 0 amide bonds. The standard InChI is InChI=1S/C4H11NO3S/c1-5(2)3-4-9-8-7-6/h6H,3-4H2,1-2H3. The minimum absolute atomic E-state index is 0.771. The molecule has 4 nitrogen and oxygen atoms in total. The van der Waals surface area contributed by atoms with Gasteiger partial charge < -0.3 is 4.90 Å². The molecule has 0 aliphatic carbocycles. The van der Waals surface area contributed by atoms with Gasteiger partial charge in [-0.3, -0.25) is 0 Å². The van der Waals surface area contributed by atoms with Crippen molar-refractivity contribution in [3.05, 3.63) is 0 Å². The molecule has 0 aliphatic heterocycles. The summed E-state index contributed by atoms with van der Waals surface area (Å²) in [6.07, 6.45) is 0. The molecule has 0 aromatic heterocycles. The molecule has 0 saturated heterocycles. The Morgan fingerprint density at radius 3 is 2.67 bits per heavy atom. The van der Waals surface area contributed by atoms with Crippen molar-refractivity contribution in [3.63, 3.8) is 0 Å². The fraction of sp³-hybridized carbons (Fsp3) is 1.00. The van der Waals surface area contributed by atoms with E-state index in [1.165, 1.54) is 0 Å². The molecule has 5 heteroatoms. The molecule has 0 unspecified atom stereocenters. The second-order valence-electron chi connectivity index (χ2n) is 1.77. The van der Waals surface area contributed by atoms with Gasteiger partial charge in [0.1, 0.15) is 0 Å². The summed E-state index contributed by atoms with van der Waals surface area (Å²) in [5, 5.41) is 11.0. The Morgan fingerprint density at radius 2 is 2.22 bits per heavy atom. The topological polar surface area (TPSA) is 41.9 Å². The number of rotatable bonds is 5. The number of hydrogen-bond donors (Lipinski definition) is 1. The van der Waals surface area contributed by atoms with Crippen LogP contribution in [0.2, 0.25) is 0 Å².